The number of nitrogens with two attached hydrogens (primary N) is 1. The zero-order valence-electron chi connectivity index (χ0n) is 9.03. The fraction of sp³-hybridized carbons (Fsp3) is 0.455. The Morgan fingerprint density at radius 2 is 1.93 bits per heavy atom. The third-order valence-corrected chi connectivity index (χ3v) is 2.48. The van der Waals surface area contributed by atoms with Crippen molar-refractivity contribution in [2.75, 3.05) is 25.6 Å². The van der Waals surface area contributed by atoms with Crippen LogP contribution in [0.15, 0.2) is 24.3 Å². The summed E-state index contributed by atoms with van der Waals surface area (Å²) in [7, 11) is 3.71. The second-order valence-electron chi connectivity index (χ2n) is 3.39. The first-order chi connectivity index (χ1) is 6.69. The van der Waals surface area contributed by atoms with Crippen molar-refractivity contribution in [1.82, 2.24) is 0 Å². The molecule has 1 atom stereocenters. The van der Waals surface area contributed by atoms with Gasteiger partial charge in [-0.15, -0.1) is 0 Å². The van der Waals surface area contributed by atoms with Gasteiger partial charge < -0.3 is 15.4 Å². The largest absolute Gasteiger partial charge is 0.497 e. The van der Waals surface area contributed by atoms with Gasteiger partial charge in [0.25, 0.3) is 0 Å². The minimum absolute atomic E-state index is 0.350. The molecular weight excluding hydrogens is 176 g/mol. The average molecular weight is 194 g/mol. The maximum atomic E-state index is 5.60. The van der Waals surface area contributed by atoms with E-state index in [9.17, 15) is 0 Å². The summed E-state index contributed by atoms with van der Waals surface area (Å²) in [5.74, 6) is 0.877. The van der Waals surface area contributed by atoms with Crippen molar-refractivity contribution < 1.29 is 4.74 Å². The summed E-state index contributed by atoms with van der Waals surface area (Å²) in [6.07, 6.45) is 0. The maximum Gasteiger partial charge on any atom is 0.119 e. The molecule has 2 N–H and O–H groups in total. The van der Waals surface area contributed by atoms with Gasteiger partial charge in [0.15, 0.2) is 0 Å². The molecule has 1 rings (SSSR count). The lowest BCUT2D eigenvalue weighted by atomic mass is 10.2. The van der Waals surface area contributed by atoms with Crippen LogP contribution in [0.1, 0.15) is 6.92 Å². The van der Waals surface area contributed by atoms with Crippen molar-refractivity contribution >= 4 is 5.69 Å². The van der Waals surface area contributed by atoms with E-state index in [1.54, 1.807) is 7.11 Å². The topological polar surface area (TPSA) is 38.5 Å². The predicted octanol–water partition coefficient (Wildman–Crippen LogP) is 1.48. The molecule has 1 aromatic rings. The van der Waals surface area contributed by atoms with Crippen molar-refractivity contribution in [3.63, 3.8) is 0 Å². The Balaban J connectivity index is 2.75. The van der Waals surface area contributed by atoms with E-state index in [2.05, 4.69) is 11.8 Å². The van der Waals surface area contributed by atoms with E-state index in [0.29, 0.717) is 12.6 Å². The van der Waals surface area contributed by atoms with Crippen LogP contribution in [0.5, 0.6) is 5.75 Å². The van der Waals surface area contributed by atoms with Crippen LogP contribution in [0.2, 0.25) is 0 Å². The summed E-state index contributed by atoms with van der Waals surface area (Å²) in [5, 5.41) is 0. The molecule has 0 aliphatic rings. The molecule has 0 fully saturated rings. The third kappa shape index (κ3) is 2.39. The molecule has 0 aliphatic heterocycles. The molecule has 0 bridgehead atoms. The average Bonchev–Trinajstić information content (AvgIpc) is 2.27. The second-order valence-corrected chi connectivity index (χ2v) is 3.39. The van der Waals surface area contributed by atoms with Gasteiger partial charge in [0.05, 0.1) is 7.11 Å². The summed E-state index contributed by atoms with van der Waals surface area (Å²) in [6, 6.07) is 8.32. The van der Waals surface area contributed by atoms with Gasteiger partial charge in [-0.25, -0.2) is 0 Å². The Labute approximate surface area is 85.5 Å². The van der Waals surface area contributed by atoms with E-state index in [1.807, 2.05) is 31.3 Å². The summed E-state index contributed by atoms with van der Waals surface area (Å²) in [5.41, 5.74) is 6.76. The summed E-state index contributed by atoms with van der Waals surface area (Å²) < 4.78 is 5.09. The van der Waals surface area contributed by atoms with E-state index in [-0.39, 0.29) is 0 Å². The first-order valence-electron chi connectivity index (χ1n) is 4.76. The molecule has 1 aromatic carbocycles. The van der Waals surface area contributed by atoms with Gasteiger partial charge in [0, 0.05) is 25.3 Å². The zero-order valence-corrected chi connectivity index (χ0v) is 9.03. The van der Waals surface area contributed by atoms with Crippen LogP contribution < -0.4 is 15.4 Å². The van der Waals surface area contributed by atoms with Gasteiger partial charge >= 0.3 is 0 Å². The van der Waals surface area contributed by atoms with Gasteiger partial charge in [-0.3, -0.25) is 0 Å². The Kier molecular flexibility index (Phi) is 3.77. The smallest absolute Gasteiger partial charge is 0.119 e. The molecule has 0 radical (unpaired) electrons. The van der Waals surface area contributed by atoms with Gasteiger partial charge in [0.1, 0.15) is 5.75 Å². The van der Waals surface area contributed by atoms with Gasteiger partial charge in [-0.1, -0.05) is 0 Å². The highest BCUT2D eigenvalue weighted by Crippen LogP contribution is 2.19. The van der Waals surface area contributed by atoms with E-state index >= 15 is 0 Å². The highest BCUT2D eigenvalue weighted by Gasteiger charge is 2.07. The fourth-order valence-electron chi connectivity index (χ4n) is 1.23. The number of hydrogen-bond acceptors (Lipinski definition) is 3. The molecular formula is C11H18N2O. The van der Waals surface area contributed by atoms with Crippen LogP contribution in [0.3, 0.4) is 0 Å². The lowest BCUT2D eigenvalue weighted by molar-refractivity contribution is 0.415. The van der Waals surface area contributed by atoms with E-state index in [0.717, 1.165) is 11.4 Å². The zero-order chi connectivity index (χ0) is 10.6. The summed E-state index contributed by atoms with van der Waals surface area (Å²) in [6.45, 7) is 2.76. The molecule has 0 saturated heterocycles. The molecule has 0 heterocycles. The van der Waals surface area contributed by atoms with Gasteiger partial charge in [-0.05, 0) is 31.2 Å². The standard InChI is InChI=1S/C11H18N2O/c1-9(8-12)13(2)10-4-6-11(14-3)7-5-10/h4-7,9H,8,12H2,1-3H3. The second kappa shape index (κ2) is 4.86. The Hall–Kier alpha value is -1.22. The minimum Gasteiger partial charge on any atom is -0.497 e. The maximum absolute atomic E-state index is 5.60. The lowest BCUT2D eigenvalue weighted by Crippen LogP contribution is -2.35. The molecule has 3 nitrogen and oxygen atoms in total. The fourth-order valence-corrected chi connectivity index (χ4v) is 1.23. The molecule has 1 unspecified atom stereocenters. The monoisotopic (exact) mass is 194 g/mol. The molecule has 0 aromatic heterocycles. The number of benzene rings is 1. The Morgan fingerprint density at radius 3 is 2.36 bits per heavy atom. The molecule has 0 amide bonds. The predicted molar refractivity (Wildman–Crippen MR) is 59.9 cm³/mol. The molecule has 0 aliphatic carbocycles. The van der Waals surface area contributed by atoms with Crippen LogP contribution in [0.25, 0.3) is 0 Å². The first-order valence-corrected chi connectivity index (χ1v) is 4.76. The van der Waals surface area contributed by atoms with Gasteiger partial charge in [0.2, 0.25) is 0 Å². The van der Waals surface area contributed by atoms with E-state index < -0.39 is 0 Å². The number of rotatable bonds is 4. The molecule has 14 heavy (non-hydrogen) atoms. The number of methoxy groups -OCH3 is 1. The van der Waals surface area contributed by atoms with E-state index in [4.69, 9.17) is 10.5 Å². The normalized spacial score (nSPS) is 12.3. The number of nitrogens with zero attached hydrogens (tertiary/aromatic N) is 1. The van der Waals surface area contributed by atoms with Crippen molar-refractivity contribution in [3.05, 3.63) is 24.3 Å². The first kappa shape index (κ1) is 10.9. The van der Waals surface area contributed by atoms with Crippen LogP contribution in [0.4, 0.5) is 5.69 Å². The van der Waals surface area contributed by atoms with Crippen molar-refractivity contribution in [1.29, 1.82) is 0 Å². The third-order valence-electron chi connectivity index (χ3n) is 2.48. The highest BCUT2D eigenvalue weighted by molar-refractivity contribution is 5.49. The lowest BCUT2D eigenvalue weighted by Gasteiger charge is -2.25. The SMILES string of the molecule is COc1ccc(N(C)C(C)CN)cc1. The van der Waals surface area contributed by atoms with Crippen molar-refractivity contribution in [3.8, 4) is 5.75 Å². The molecule has 78 valence electrons. The van der Waals surface area contributed by atoms with E-state index in [1.165, 1.54) is 0 Å². The van der Waals surface area contributed by atoms with Crippen LogP contribution in [-0.2, 0) is 0 Å². The van der Waals surface area contributed by atoms with Crippen LogP contribution in [0, 0.1) is 0 Å². The molecule has 0 spiro atoms. The highest BCUT2D eigenvalue weighted by atomic mass is 16.5. The minimum atomic E-state index is 0.350. The van der Waals surface area contributed by atoms with Crippen molar-refractivity contribution in [2.45, 2.75) is 13.0 Å². The number of hydrogen-bond donors (Lipinski definition) is 1. The molecule has 0 saturated carbocycles. The van der Waals surface area contributed by atoms with Crippen LogP contribution >= 0.6 is 0 Å². The quantitative estimate of drug-likeness (QED) is 0.789. The summed E-state index contributed by atoms with van der Waals surface area (Å²) in [4.78, 5) is 2.15. The summed E-state index contributed by atoms with van der Waals surface area (Å²) >= 11 is 0. The number of ether oxygens (including phenoxy) is 1. The number of anilines is 1. The number of likely N-dealkylation sites (N-methyl/N-ethyl adjacent to an activating group) is 1. The molecule has 3 heteroatoms. The van der Waals surface area contributed by atoms with Gasteiger partial charge in [-0.2, -0.15) is 0 Å². The Bertz CT molecular complexity index is 271. The van der Waals surface area contributed by atoms with Crippen molar-refractivity contribution in [2.24, 2.45) is 5.73 Å². The Morgan fingerprint density at radius 1 is 1.36 bits per heavy atom. The van der Waals surface area contributed by atoms with Crippen LogP contribution in [-0.4, -0.2) is 26.7 Å².